The standard InChI is InChI=1S/C28H25Cl3N2O2/c1-18-6-2-4-8-23(18)19-10-12-20(13-11-19)27(35)33-17-22-14-15-25(26(34)28(29,30)31)32(22)16-21-7-3-5-9-24(21)33/h3,5,7,9-15H,2,4,6,8,16-17H2,1H3. The molecule has 7 heteroatoms. The van der Waals surface area contributed by atoms with Crippen LogP contribution >= 0.6 is 34.8 Å². The van der Waals surface area contributed by atoms with E-state index in [1.54, 1.807) is 11.0 Å². The smallest absolute Gasteiger partial charge is 0.258 e. The minimum atomic E-state index is -2.05. The van der Waals surface area contributed by atoms with Gasteiger partial charge < -0.3 is 9.47 Å². The summed E-state index contributed by atoms with van der Waals surface area (Å²) in [6.45, 7) is 2.91. The predicted molar refractivity (Wildman–Crippen MR) is 143 cm³/mol. The van der Waals surface area contributed by atoms with E-state index in [1.165, 1.54) is 29.6 Å². The molecule has 4 nitrogen and oxygen atoms in total. The minimum absolute atomic E-state index is 0.0951. The molecule has 0 saturated carbocycles. The molecule has 0 bridgehead atoms. The van der Waals surface area contributed by atoms with Gasteiger partial charge in [-0.15, -0.1) is 0 Å². The van der Waals surface area contributed by atoms with Crippen LogP contribution in [0.2, 0.25) is 0 Å². The lowest BCUT2D eigenvalue weighted by Gasteiger charge is -2.23. The normalized spacial score (nSPS) is 15.9. The van der Waals surface area contributed by atoms with E-state index in [4.69, 9.17) is 34.8 Å². The zero-order valence-electron chi connectivity index (χ0n) is 19.4. The van der Waals surface area contributed by atoms with Crippen molar-refractivity contribution in [1.82, 2.24) is 4.57 Å². The molecule has 2 heterocycles. The first-order chi connectivity index (χ1) is 16.7. The Morgan fingerprint density at radius 1 is 0.857 bits per heavy atom. The molecular weight excluding hydrogens is 503 g/mol. The van der Waals surface area contributed by atoms with Gasteiger partial charge in [0.05, 0.1) is 18.8 Å². The second-order valence-electron chi connectivity index (χ2n) is 9.19. The number of benzene rings is 2. The molecular formula is C28H25Cl3N2O2. The number of ketones is 1. The second-order valence-corrected chi connectivity index (χ2v) is 11.5. The summed E-state index contributed by atoms with van der Waals surface area (Å²) < 4.78 is -0.220. The van der Waals surface area contributed by atoms with Crippen molar-refractivity contribution in [2.24, 2.45) is 0 Å². The SMILES string of the molecule is CC1=C(c2ccc(C(=O)N3Cc4ccc(C(=O)C(Cl)(Cl)Cl)n4Cc4ccccc43)cc2)CCCC1. The summed E-state index contributed by atoms with van der Waals surface area (Å²) in [6, 6.07) is 19.1. The summed E-state index contributed by atoms with van der Waals surface area (Å²) in [4.78, 5) is 28.3. The zero-order valence-corrected chi connectivity index (χ0v) is 21.6. The molecule has 2 aromatic carbocycles. The minimum Gasteiger partial charge on any atom is -0.336 e. The van der Waals surface area contributed by atoms with Gasteiger partial charge in [-0.3, -0.25) is 9.59 Å². The summed E-state index contributed by atoms with van der Waals surface area (Å²) in [7, 11) is 0. The Morgan fingerprint density at radius 3 is 2.29 bits per heavy atom. The van der Waals surface area contributed by atoms with Crippen LogP contribution in [-0.2, 0) is 13.1 Å². The molecule has 0 N–H and O–H groups in total. The second kappa shape index (κ2) is 9.50. The van der Waals surface area contributed by atoms with Crippen molar-refractivity contribution in [1.29, 1.82) is 0 Å². The maximum atomic E-state index is 13.8. The Kier molecular flexibility index (Phi) is 6.56. The number of halogens is 3. The van der Waals surface area contributed by atoms with Crippen LogP contribution in [0.25, 0.3) is 5.57 Å². The van der Waals surface area contributed by atoms with Crippen LogP contribution in [-0.4, -0.2) is 20.1 Å². The predicted octanol–water partition coefficient (Wildman–Crippen LogP) is 7.60. The number of nitrogens with zero attached hydrogens (tertiary/aromatic N) is 2. The van der Waals surface area contributed by atoms with Crippen LogP contribution in [0, 0.1) is 0 Å². The van der Waals surface area contributed by atoms with E-state index in [0.717, 1.165) is 29.8 Å². The largest absolute Gasteiger partial charge is 0.336 e. The average Bonchev–Trinajstić information content (AvgIpc) is 3.15. The molecule has 1 aliphatic carbocycles. The number of rotatable bonds is 3. The quantitative estimate of drug-likeness (QED) is 0.260. The Labute approximate surface area is 220 Å². The number of Topliss-reactive ketones (excluding diaryl/α,β-unsaturated/α-hetero) is 1. The van der Waals surface area contributed by atoms with Crippen LogP contribution in [0.3, 0.4) is 0 Å². The number of hydrogen-bond donors (Lipinski definition) is 0. The van der Waals surface area contributed by atoms with Gasteiger partial charge in [-0.1, -0.05) is 70.7 Å². The average molecular weight is 528 g/mol. The maximum Gasteiger partial charge on any atom is 0.258 e. The van der Waals surface area contributed by atoms with E-state index in [-0.39, 0.29) is 5.91 Å². The molecule has 0 radical (unpaired) electrons. The van der Waals surface area contributed by atoms with Crippen molar-refractivity contribution in [3.8, 4) is 0 Å². The number of hydrogen-bond acceptors (Lipinski definition) is 2. The molecule has 0 atom stereocenters. The third kappa shape index (κ3) is 4.67. The highest BCUT2D eigenvalue weighted by atomic mass is 35.6. The van der Waals surface area contributed by atoms with Crippen molar-refractivity contribution in [2.75, 3.05) is 4.90 Å². The van der Waals surface area contributed by atoms with Gasteiger partial charge in [-0.25, -0.2) is 0 Å². The van der Waals surface area contributed by atoms with Crippen molar-refractivity contribution < 1.29 is 9.59 Å². The monoisotopic (exact) mass is 526 g/mol. The van der Waals surface area contributed by atoms with Gasteiger partial charge in [0.15, 0.2) is 0 Å². The fourth-order valence-electron chi connectivity index (χ4n) is 5.10. The molecule has 3 aromatic rings. The summed E-state index contributed by atoms with van der Waals surface area (Å²) >= 11 is 17.7. The molecule has 0 saturated heterocycles. The highest BCUT2D eigenvalue weighted by molar-refractivity contribution is 6.77. The van der Waals surface area contributed by atoms with E-state index in [0.29, 0.717) is 24.3 Å². The van der Waals surface area contributed by atoms with Crippen LogP contribution in [0.1, 0.15) is 70.3 Å². The van der Waals surface area contributed by atoms with Gasteiger partial charge in [-0.05, 0) is 79.6 Å². The molecule has 1 aromatic heterocycles. The third-order valence-electron chi connectivity index (χ3n) is 6.96. The first-order valence-electron chi connectivity index (χ1n) is 11.7. The highest BCUT2D eigenvalue weighted by Crippen LogP contribution is 2.35. The zero-order chi connectivity index (χ0) is 24.7. The summed E-state index contributed by atoms with van der Waals surface area (Å²) in [5, 5.41) is 0. The molecule has 2 aliphatic rings. The molecule has 35 heavy (non-hydrogen) atoms. The summed E-state index contributed by atoms with van der Waals surface area (Å²) in [6.07, 6.45) is 4.69. The van der Waals surface area contributed by atoms with Crippen LogP contribution in [0.5, 0.6) is 0 Å². The topological polar surface area (TPSA) is 42.3 Å². The van der Waals surface area contributed by atoms with Crippen molar-refractivity contribution in [3.05, 3.63) is 94.3 Å². The van der Waals surface area contributed by atoms with Crippen LogP contribution in [0.15, 0.2) is 66.2 Å². The number of para-hydroxylation sites is 1. The van der Waals surface area contributed by atoms with Gasteiger partial charge >= 0.3 is 0 Å². The molecule has 1 amide bonds. The molecule has 0 spiro atoms. The van der Waals surface area contributed by atoms with E-state index in [9.17, 15) is 9.59 Å². The fraction of sp³-hybridized carbons (Fsp3) is 0.286. The van der Waals surface area contributed by atoms with Crippen molar-refractivity contribution in [3.63, 3.8) is 0 Å². The number of carbonyl (C=O) groups excluding carboxylic acids is 2. The van der Waals surface area contributed by atoms with Crippen molar-refractivity contribution >= 4 is 57.8 Å². The molecule has 180 valence electrons. The van der Waals surface area contributed by atoms with Gasteiger partial charge in [0, 0.05) is 16.9 Å². The summed E-state index contributed by atoms with van der Waals surface area (Å²) in [5.41, 5.74) is 7.49. The van der Waals surface area contributed by atoms with Crippen molar-refractivity contribution in [2.45, 2.75) is 49.5 Å². The third-order valence-corrected chi connectivity index (χ3v) is 7.48. The first kappa shape index (κ1) is 24.2. The highest BCUT2D eigenvalue weighted by Gasteiger charge is 2.35. The Bertz CT molecular complexity index is 1330. The first-order valence-corrected chi connectivity index (χ1v) is 12.9. The van der Waals surface area contributed by atoms with Crippen LogP contribution < -0.4 is 4.90 Å². The Morgan fingerprint density at radius 2 is 1.57 bits per heavy atom. The number of aromatic nitrogens is 1. The number of anilines is 1. The van der Waals surface area contributed by atoms with Crippen LogP contribution in [0.4, 0.5) is 5.69 Å². The van der Waals surface area contributed by atoms with Gasteiger partial charge in [0.2, 0.25) is 5.78 Å². The number of alkyl halides is 3. The lowest BCUT2D eigenvalue weighted by Crippen LogP contribution is -2.30. The Hall–Kier alpha value is -2.53. The number of carbonyl (C=O) groups is 2. The molecule has 0 fully saturated rings. The van der Waals surface area contributed by atoms with E-state index in [1.807, 2.05) is 47.0 Å². The fourth-order valence-corrected chi connectivity index (χ4v) is 5.39. The summed E-state index contributed by atoms with van der Waals surface area (Å²) in [5.74, 6) is -0.684. The number of amides is 1. The molecule has 0 unspecified atom stereocenters. The van der Waals surface area contributed by atoms with E-state index < -0.39 is 9.58 Å². The lowest BCUT2D eigenvalue weighted by atomic mass is 9.88. The molecule has 1 aliphatic heterocycles. The van der Waals surface area contributed by atoms with Gasteiger partial charge in [0.25, 0.3) is 9.70 Å². The van der Waals surface area contributed by atoms with E-state index >= 15 is 0 Å². The Balaban J connectivity index is 1.50. The molecule has 5 rings (SSSR count). The number of allylic oxidation sites excluding steroid dienone is 2. The maximum absolute atomic E-state index is 13.8. The van der Waals surface area contributed by atoms with Gasteiger partial charge in [0.1, 0.15) is 0 Å². The lowest BCUT2D eigenvalue weighted by molar-refractivity contribution is 0.0981. The van der Waals surface area contributed by atoms with Gasteiger partial charge in [-0.2, -0.15) is 0 Å². The van der Waals surface area contributed by atoms with E-state index in [2.05, 4.69) is 19.1 Å². The number of fused-ring (bicyclic) bond motifs is 2.